The molecule has 0 saturated carbocycles. The SMILES string of the molecule is Cc1sc2nc(NC(=O)CC#N)nn2c1C. The number of carbonyl (C=O) groups excluding carboxylic acids is 1. The van der Waals surface area contributed by atoms with Gasteiger partial charge in [-0.3, -0.25) is 10.1 Å². The highest BCUT2D eigenvalue weighted by atomic mass is 32.1. The first-order chi connectivity index (χ1) is 7.61. The highest BCUT2D eigenvalue weighted by Crippen LogP contribution is 2.21. The predicted octanol–water partition coefficient (Wildman–Crippen LogP) is 1.26. The molecule has 2 aromatic heterocycles. The number of nitrogens with zero attached hydrogens (tertiary/aromatic N) is 4. The molecule has 2 heterocycles. The number of fused-ring (bicyclic) bond motifs is 1. The number of hydrogen-bond donors (Lipinski definition) is 1. The lowest BCUT2D eigenvalue weighted by molar-refractivity contribution is -0.115. The van der Waals surface area contributed by atoms with Crippen molar-refractivity contribution in [1.82, 2.24) is 14.6 Å². The van der Waals surface area contributed by atoms with E-state index in [9.17, 15) is 4.79 Å². The van der Waals surface area contributed by atoms with Crippen molar-refractivity contribution in [3.8, 4) is 6.07 Å². The number of nitriles is 1. The largest absolute Gasteiger partial charge is 0.292 e. The summed E-state index contributed by atoms with van der Waals surface area (Å²) in [5.41, 5.74) is 1.01. The second-order valence-corrected chi connectivity index (χ2v) is 4.44. The highest BCUT2D eigenvalue weighted by molar-refractivity contribution is 7.17. The van der Waals surface area contributed by atoms with Crippen LogP contribution in [0, 0.1) is 25.2 Å². The number of thiazole rings is 1. The maximum absolute atomic E-state index is 11.1. The Morgan fingerprint density at radius 1 is 1.62 bits per heavy atom. The molecule has 0 aliphatic heterocycles. The van der Waals surface area contributed by atoms with Crippen molar-refractivity contribution in [3.63, 3.8) is 0 Å². The molecule has 0 aliphatic rings. The molecule has 0 fully saturated rings. The van der Waals surface area contributed by atoms with Crippen LogP contribution in [-0.2, 0) is 4.79 Å². The zero-order chi connectivity index (χ0) is 11.7. The van der Waals surface area contributed by atoms with Gasteiger partial charge in [0.25, 0.3) is 0 Å². The standard InChI is InChI=1S/C9H9N5OS/c1-5-6(2)16-9-12-8(13-14(5)9)11-7(15)3-4-10/h3H2,1-2H3,(H,11,13,15). The number of aromatic nitrogens is 3. The van der Waals surface area contributed by atoms with E-state index in [0.29, 0.717) is 0 Å². The van der Waals surface area contributed by atoms with Crippen LogP contribution in [0.1, 0.15) is 17.0 Å². The lowest BCUT2D eigenvalue weighted by Gasteiger charge is -1.94. The van der Waals surface area contributed by atoms with Crippen LogP contribution < -0.4 is 5.32 Å². The van der Waals surface area contributed by atoms with Crippen LogP contribution in [0.3, 0.4) is 0 Å². The number of aryl methyl sites for hydroxylation is 2. The van der Waals surface area contributed by atoms with Gasteiger partial charge in [-0.15, -0.1) is 5.10 Å². The summed E-state index contributed by atoms with van der Waals surface area (Å²) in [4.78, 5) is 17.2. The first-order valence-corrected chi connectivity index (χ1v) is 5.43. The van der Waals surface area contributed by atoms with E-state index in [1.165, 1.54) is 11.3 Å². The summed E-state index contributed by atoms with van der Waals surface area (Å²) < 4.78 is 1.68. The predicted molar refractivity (Wildman–Crippen MR) is 59.2 cm³/mol. The second kappa shape index (κ2) is 3.90. The van der Waals surface area contributed by atoms with E-state index in [1.807, 2.05) is 13.8 Å². The van der Waals surface area contributed by atoms with Crippen molar-refractivity contribution in [1.29, 1.82) is 5.26 Å². The van der Waals surface area contributed by atoms with Crippen LogP contribution in [0.5, 0.6) is 0 Å². The molecule has 2 rings (SSSR count). The van der Waals surface area contributed by atoms with Crippen LogP contribution in [-0.4, -0.2) is 20.5 Å². The number of rotatable bonds is 2. The summed E-state index contributed by atoms with van der Waals surface area (Å²) in [6.07, 6.45) is -0.190. The molecule has 0 atom stereocenters. The summed E-state index contributed by atoms with van der Waals surface area (Å²) in [5.74, 6) is -0.148. The summed E-state index contributed by atoms with van der Waals surface area (Å²) >= 11 is 1.51. The molecule has 0 aliphatic carbocycles. The Balaban J connectivity index is 2.28. The van der Waals surface area contributed by atoms with Crippen molar-refractivity contribution in [2.24, 2.45) is 0 Å². The molecular weight excluding hydrogens is 226 g/mol. The van der Waals surface area contributed by atoms with Gasteiger partial charge < -0.3 is 0 Å². The molecule has 82 valence electrons. The monoisotopic (exact) mass is 235 g/mol. The molecule has 2 aromatic rings. The number of hydrogen-bond acceptors (Lipinski definition) is 5. The molecule has 1 amide bonds. The van der Waals surface area contributed by atoms with E-state index in [4.69, 9.17) is 5.26 Å². The fourth-order valence-corrected chi connectivity index (χ4v) is 2.14. The molecule has 0 radical (unpaired) electrons. The average Bonchev–Trinajstić information content (AvgIpc) is 2.69. The van der Waals surface area contributed by atoms with Gasteiger partial charge >= 0.3 is 0 Å². The number of amides is 1. The van der Waals surface area contributed by atoms with Gasteiger partial charge in [0.15, 0.2) is 0 Å². The van der Waals surface area contributed by atoms with Crippen molar-refractivity contribution in [3.05, 3.63) is 10.6 Å². The van der Waals surface area contributed by atoms with E-state index >= 15 is 0 Å². The lowest BCUT2D eigenvalue weighted by Crippen LogP contribution is -2.11. The summed E-state index contributed by atoms with van der Waals surface area (Å²) in [6, 6.07) is 1.76. The van der Waals surface area contributed by atoms with E-state index in [2.05, 4.69) is 15.4 Å². The third-order valence-corrected chi connectivity index (χ3v) is 3.19. The van der Waals surface area contributed by atoms with Gasteiger partial charge in [-0.05, 0) is 13.8 Å². The Morgan fingerprint density at radius 3 is 3.00 bits per heavy atom. The zero-order valence-electron chi connectivity index (χ0n) is 8.81. The fraction of sp³-hybridized carbons (Fsp3) is 0.333. The molecule has 1 N–H and O–H groups in total. The quantitative estimate of drug-likeness (QED) is 0.849. The number of nitrogens with one attached hydrogen (secondary N) is 1. The second-order valence-electron chi connectivity index (χ2n) is 3.26. The Labute approximate surface area is 95.5 Å². The van der Waals surface area contributed by atoms with Crippen LogP contribution >= 0.6 is 11.3 Å². The van der Waals surface area contributed by atoms with Crippen LogP contribution in [0.2, 0.25) is 0 Å². The van der Waals surface area contributed by atoms with Gasteiger partial charge in [0.05, 0.1) is 11.8 Å². The summed E-state index contributed by atoms with van der Waals surface area (Å²) in [5, 5.41) is 14.9. The normalized spacial score (nSPS) is 10.3. The molecule has 0 spiro atoms. The maximum atomic E-state index is 11.1. The van der Waals surface area contributed by atoms with Crippen molar-refractivity contribution in [2.45, 2.75) is 20.3 Å². The third kappa shape index (κ3) is 1.75. The zero-order valence-corrected chi connectivity index (χ0v) is 9.63. The fourth-order valence-electron chi connectivity index (χ4n) is 1.24. The average molecular weight is 235 g/mol. The minimum absolute atomic E-state index is 0.190. The van der Waals surface area contributed by atoms with E-state index in [1.54, 1.807) is 10.6 Å². The van der Waals surface area contributed by atoms with Crippen LogP contribution in [0.15, 0.2) is 0 Å². The van der Waals surface area contributed by atoms with Crippen molar-refractivity contribution in [2.75, 3.05) is 5.32 Å². The Morgan fingerprint density at radius 2 is 2.38 bits per heavy atom. The molecule has 6 nitrogen and oxygen atoms in total. The van der Waals surface area contributed by atoms with Gasteiger partial charge in [-0.1, -0.05) is 11.3 Å². The van der Waals surface area contributed by atoms with Crippen molar-refractivity contribution < 1.29 is 4.79 Å². The van der Waals surface area contributed by atoms with Crippen LogP contribution in [0.4, 0.5) is 5.95 Å². The van der Waals surface area contributed by atoms with Gasteiger partial charge in [-0.2, -0.15) is 10.2 Å². The summed E-state index contributed by atoms with van der Waals surface area (Å²) in [6.45, 7) is 3.93. The van der Waals surface area contributed by atoms with E-state index < -0.39 is 5.91 Å². The molecule has 0 aromatic carbocycles. The molecule has 7 heteroatoms. The molecule has 16 heavy (non-hydrogen) atoms. The van der Waals surface area contributed by atoms with Crippen molar-refractivity contribution >= 4 is 28.2 Å². The maximum Gasteiger partial charge on any atom is 0.250 e. The molecular formula is C9H9N5OS. The Bertz CT molecular complexity index is 591. The molecule has 0 saturated heterocycles. The van der Waals surface area contributed by atoms with E-state index in [0.717, 1.165) is 15.5 Å². The van der Waals surface area contributed by atoms with Gasteiger partial charge in [0.2, 0.25) is 16.8 Å². The first kappa shape index (κ1) is 10.6. The minimum Gasteiger partial charge on any atom is -0.292 e. The third-order valence-electron chi connectivity index (χ3n) is 2.14. The molecule has 0 unspecified atom stereocenters. The Kier molecular flexibility index (Phi) is 2.58. The number of anilines is 1. The van der Waals surface area contributed by atoms with Gasteiger partial charge in [0.1, 0.15) is 6.42 Å². The number of carbonyl (C=O) groups is 1. The Hall–Kier alpha value is -1.94. The van der Waals surface area contributed by atoms with Gasteiger partial charge in [-0.25, -0.2) is 4.52 Å². The van der Waals surface area contributed by atoms with Crippen LogP contribution in [0.25, 0.3) is 4.96 Å². The lowest BCUT2D eigenvalue weighted by atomic mass is 10.4. The van der Waals surface area contributed by atoms with Gasteiger partial charge in [0, 0.05) is 4.88 Å². The van der Waals surface area contributed by atoms with E-state index in [-0.39, 0.29) is 12.4 Å². The summed E-state index contributed by atoms with van der Waals surface area (Å²) in [7, 11) is 0. The smallest absolute Gasteiger partial charge is 0.250 e. The topological polar surface area (TPSA) is 83.1 Å². The molecule has 0 bridgehead atoms. The first-order valence-electron chi connectivity index (χ1n) is 4.61. The highest BCUT2D eigenvalue weighted by Gasteiger charge is 2.12. The minimum atomic E-state index is -0.393.